The minimum Gasteiger partial charge on any atom is -0.384 e. The highest BCUT2D eigenvalue weighted by Gasteiger charge is 2.17. The standard InChI is InChI=1S/C13H22N4/c1-10-7-12(14)16-13(15-10)9-17(2)8-11-5-3-4-6-11/h7,11H,3-6,8-9H2,1-2H3,(H2,14,15,16). The van der Waals surface area contributed by atoms with Gasteiger partial charge in [-0.1, -0.05) is 12.8 Å². The Morgan fingerprint density at radius 3 is 2.71 bits per heavy atom. The predicted molar refractivity (Wildman–Crippen MR) is 69.5 cm³/mol. The van der Waals surface area contributed by atoms with Crippen LogP contribution in [-0.4, -0.2) is 28.5 Å². The van der Waals surface area contributed by atoms with Crippen molar-refractivity contribution in [2.75, 3.05) is 19.3 Å². The molecule has 0 saturated heterocycles. The molecule has 0 unspecified atom stereocenters. The van der Waals surface area contributed by atoms with Gasteiger partial charge in [-0.2, -0.15) is 0 Å². The van der Waals surface area contributed by atoms with Crippen molar-refractivity contribution in [2.24, 2.45) is 5.92 Å². The van der Waals surface area contributed by atoms with E-state index in [1.165, 1.54) is 25.7 Å². The molecule has 2 rings (SSSR count). The van der Waals surface area contributed by atoms with Crippen molar-refractivity contribution in [2.45, 2.75) is 39.2 Å². The minimum atomic E-state index is 0.571. The zero-order valence-electron chi connectivity index (χ0n) is 10.8. The Hall–Kier alpha value is -1.16. The van der Waals surface area contributed by atoms with Crippen molar-refractivity contribution in [3.8, 4) is 0 Å². The maximum Gasteiger partial charge on any atom is 0.144 e. The van der Waals surface area contributed by atoms with E-state index in [0.717, 1.165) is 30.5 Å². The molecule has 1 aliphatic carbocycles. The van der Waals surface area contributed by atoms with Gasteiger partial charge >= 0.3 is 0 Å². The minimum absolute atomic E-state index is 0.571. The molecule has 1 heterocycles. The summed E-state index contributed by atoms with van der Waals surface area (Å²) >= 11 is 0. The first kappa shape index (κ1) is 12.3. The van der Waals surface area contributed by atoms with Crippen LogP contribution in [0.15, 0.2) is 6.07 Å². The molecule has 1 saturated carbocycles. The predicted octanol–water partition coefficient (Wildman–Crippen LogP) is 1.99. The summed E-state index contributed by atoms with van der Waals surface area (Å²) in [4.78, 5) is 11.0. The number of anilines is 1. The lowest BCUT2D eigenvalue weighted by molar-refractivity contribution is 0.265. The van der Waals surface area contributed by atoms with Crippen molar-refractivity contribution in [1.82, 2.24) is 14.9 Å². The van der Waals surface area contributed by atoms with E-state index in [1.54, 1.807) is 6.07 Å². The summed E-state index contributed by atoms with van der Waals surface area (Å²) in [6, 6.07) is 1.81. The van der Waals surface area contributed by atoms with Gasteiger partial charge in [0.2, 0.25) is 0 Å². The summed E-state index contributed by atoms with van der Waals surface area (Å²) in [6.07, 6.45) is 5.54. The number of nitrogens with zero attached hydrogens (tertiary/aromatic N) is 3. The first-order valence-electron chi connectivity index (χ1n) is 6.42. The van der Waals surface area contributed by atoms with Crippen LogP contribution in [0, 0.1) is 12.8 Å². The highest BCUT2D eigenvalue weighted by atomic mass is 15.1. The van der Waals surface area contributed by atoms with Crippen molar-refractivity contribution in [1.29, 1.82) is 0 Å². The zero-order valence-corrected chi connectivity index (χ0v) is 10.8. The topological polar surface area (TPSA) is 55.0 Å². The van der Waals surface area contributed by atoms with Crippen molar-refractivity contribution in [3.05, 3.63) is 17.6 Å². The van der Waals surface area contributed by atoms with Gasteiger partial charge in [-0.3, -0.25) is 4.90 Å². The Kier molecular flexibility index (Phi) is 3.94. The summed E-state index contributed by atoms with van der Waals surface area (Å²) in [7, 11) is 2.14. The van der Waals surface area contributed by atoms with Crippen LogP contribution in [-0.2, 0) is 6.54 Å². The van der Waals surface area contributed by atoms with Crippen LogP contribution in [0.3, 0.4) is 0 Å². The van der Waals surface area contributed by atoms with E-state index in [2.05, 4.69) is 21.9 Å². The molecule has 0 amide bonds. The number of aryl methyl sites for hydroxylation is 1. The van der Waals surface area contributed by atoms with Gasteiger partial charge in [-0.15, -0.1) is 0 Å². The number of nitrogens with two attached hydrogens (primary N) is 1. The maximum absolute atomic E-state index is 5.73. The Morgan fingerprint density at radius 2 is 2.06 bits per heavy atom. The monoisotopic (exact) mass is 234 g/mol. The molecule has 0 spiro atoms. The lowest BCUT2D eigenvalue weighted by Crippen LogP contribution is -2.25. The van der Waals surface area contributed by atoms with E-state index < -0.39 is 0 Å². The highest BCUT2D eigenvalue weighted by molar-refractivity contribution is 5.29. The lowest BCUT2D eigenvalue weighted by Gasteiger charge is -2.20. The third-order valence-electron chi connectivity index (χ3n) is 3.38. The van der Waals surface area contributed by atoms with Crippen molar-refractivity contribution in [3.63, 3.8) is 0 Å². The molecule has 0 radical (unpaired) electrons. The highest BCUT2D eigenvalue weighted by Crippen LogP contribution is 2.25. The smallest absolute Gasteiger partial charge is 0.144 e. The van der Waals surface area contributed by atoms with Gasteiger partial charge in [0.05, 0.1) is 6.54 Å². The van der Waals surface area contributed by atoms with Gasteiger partial charge in [-0.25, -0.2) is 9.97 Å². The first-order chi connectivity index (χ1) is 8.13. The molecule has 2 N–H and O–H groups in total. The van der Waals surface area contributed by atoms with Crippen LogP contribution in [0.4, 0.5) is 5.82 Å². The Morgan fingerprint density at radius 1 is 1.35 bits per heavy atom. The summed E-state index contributed by atoms with van der Waals surface area (Å²) in [5.74, 6) is 2.27. The molecular formula is C13H22N4. The van der Waals surface area contributed by atoms with E-state index in [-0.39, 0.29) is 0 Å². The second kappa shape index (κ2) is 5.45. The molecule has 4 nitrogen and oxygen atoms in total. The first-order valence-corrected chi connectivity index (χ1v) is 6.42. The van der Waals surface area contributed by atoms with Gasteiger partial charge in [-0.05, 0) is 32.7 Å². The Bertz CT molecular complexity index is 351. The average Bonchev–Trinajstić information content (AvgIpc) is 2.67. The molecule has 0 aliphatic heterocycles. The van der Waals surface area contributed by atoms with Crippen LogP contribution in [0.25, 0.3) is 0 Å². The van der Waals surface area contributed by atoms with Gasteiger partial charge in [0.25, 0.3) is 0 Å². The van der Waals surface area contributed by atoms with Crippen LogP contribution < -0.4 is 5.73 Å². The van der Waals surface area contributed by atoms with Crippen LogP contribution >= 0.6 is 0 Å². The molecular weight excluding hydrogens is 212 g/mol. The number of hydrogen-bond donors (Lipinski definition) is 1. The van der Waals surface area contributed by atoms with E-state index in [4.69, 9.17) is 5.73 Å². The van der Waals surface area contributed by atoms with Gasteiger partial charge < -0.3 is 5.73 Å². The Balaban J connectivity index is 1.90. The average molecular weight is 234 g/mol. The molecule has 0 atom stereocenters. The molecule has 0 aromatic carbocycles. The molecule has 0 bridgehead atoms. The second-order valence-electron chi connectivity index (χ2n) is 5.20. The fraction of sp³-hybridized carbons (Fsp3) is 0.692. The Labute approximate surface area is 103 Å². The number of hydrogen-bond acceptors (Lipinski definition) is 4. The summed E-state index contributed by atoms with van der Waals surface area (Å²) in [5.41, 5.74) is 6.68. The third kappa shape index (κ3) is 3.66. The summed E-state index contributed by atoms with van der Waals surface area (Å²) < 4.78 is 0. The molecule has 4 heteroatoms. The van der Waals surface area contributed by atoms with Gasteiger partial charge in [0.1, 0.15) is 11.6 Å². The fourth-order valence-corrected chi connectivity index (χ4v) is 2.67. The van der Waals surface area contributed by atoms with Crippen LogP contribution in [0.2, 0.25) is 0 Å². The summed E-state index contributed by atoms with van der Waals surface area (Å²) in [5, 5.41) is 0. The second-order valence-corrected chi connectivity index (χ2v) is 5.20. The lowest BCUT2D eigenvalue weighted by atomic mass is 10.1. The maximum atomic E-state index is 5.73. The molecule has 94 valence electrons. The van der Waals surface area contributed by atoms with E-state index in [1.807, 2.05) is 6.92 Å². The number of rotatable bonds is 4. The van der Waals surface area contributed by atoms with E-state index >= 15 is 0 Å². The summed E-state index contributed by atoms with van der Waals surface area (Å²) in [6.45, 7) is 3.90. The molecule has 1 aliphatic rings. The van der Waals surface area contributed by atoms with Crippen molar-refractivity contribution < 1.29 is 0 Å². The number of aromatic nitrogens is 2. The van der Waals surface area contributed by atoms with Crippen molar-refractivity contribution >= 4 is 5.82 Å². The molecule has 1 aromatic heterocycles. The molecule has 17 heavy (non-hydrogen) atoms. The molecule has 1 aromatic rings. The SMILES string of the molecule is Cc1cc(N)nc(CN(C)CC2CCCC2)n1. The zero-order chi connectivity index (χ0) is 12.3. The normalized spacial score (nSPS) is 16.9. The number of nitrogen functional groups attached to an aromatic ring is 1. The molecule has 1 fully saturated rings. The van der Waals surface area contributed by atoms with E-state index in [0.29, 0.717) is 5.82 Å². The van der Waals surface area contributed by atoms with Crippen LogP contribution in [0.1, 0.15) is 37.2 Å². The van der Waals surface area contributed by atoms with Crippen LogP contribution in [0.5, 0.6) is 0 Å². The fourth-order valence-electron chi connectivity index (χ4n) is 2.67. The quantitative estimate of drug-likeness (QED) is 0.865. The third-order valence-corrected chi connectivity index (χ3v) is 3.38. The van der Waals surface area contributed by atoms with Gasteiger partial charge in [0.15, 0.2) is 0 Å². The van der Waals surface area contributed by atoms with Gasteiger partial charge in [0, 0.05) is 18.3 Å². The van der Waals surface area contributed by atoms with E-state index in [9.17, 15) is 0 Å². The largest absolute Gasteiger partial charge is 0.384 e.